The van der Waals surface area contributed by atoms with Crippen molar-refractivity contribution >= 4 is 56.0 Å². The largest absolute Gasteiger partial charge is 0.484 e. The Kier molecular flexibility index (Phi) is 6.67. The number of ether oxygens (including phenoxy) is 4. The molecule has 40 heavy (non-hydrogen) atoms. The van der Waals surface area contributed by atoms with Crippen LogP contribution >= 0.6 is 22.9 Å². The SMILES string of the molecule is COc1cnc2c(-c3nc4c(Cl)cc5c(c4s3)OC[C@H](COC(=O)Nc3cncc(C#N)c3)O5)cc(C)cc2n1. The minimum Gasteiger partial charge on any atom is -0.484 e. The van der Waals surface area contributed by atoms with Gasteiger partial charge >= 0.3 is 6.09 Å². The quantitative estimate of drug-likeness (QED) is 0.284. The van der Waals surface area contributed by atoms with Crippen LogP contribution in [0.1, 0.15) is 11.1 Å². The number of anilines is 1. The summed E-state index contributed by atoms with van der Waals surface area (Å²) in [6, 6.07) is 9.04. The highest BCUT2D eigenvalue weighted by atomic mass is 35.5. The highest BCUT2D eigenvalue weighted by Gasteiger charge is 2.28. The van der Waals surface area contributed by atoms with E-state index >= 15 is 0 Å². The number of aromatic nitrogens is 4. The summed E-state index contributed by atoms with van der Waals surface area (Å²) < 4.78 is 23.4. The molecule has 2 aromatic carbocycles. The van der Waals surface area contributed by atoms with Crippen molar-refractivity contribution in [1.29, 1.82) is 5.26 Å². The molecule has 5 aromatic rings. The van der Waals surface area contributed by atoms with Crippen LogP contribution in [0.2, 0.25) is 5.02 Å². The van der Waals surface area contributed by atoms with E-state index in [0.717, 1.165) is 15.8 Å². The lowest BCUT2D eigenvalue weighted by Crippen LogP contribution is -2.35. The molecule has 3 aromatic heterocycles. The zero-order valence-electron chi connectivity index (χ0n) is 21.1. The first-order chi connectivity index (χ1) is 19.4. The molecule has 0 unspecified atom stereocenters. The first kappa shape index (κ1) is 25.5. The predicted molar refractivity (Wildman–Crippen MR) is 148 cm³/mol. The molecule has 0 fully saturated rings. The average Bonchev–Trinajstić information content (AvgIpc) is 3.41. The van der Waals surface area contributed by atoms with Gasteiger partial charge in [0.2, 0.25) is 5.88 Å². The summed E-state index contributed by atoms with van der Waals surface area (Å²) in [6.45, 7) is 2.05. The van der Waals surface area contributed by atoms with Gasteiger partial charge in [-0.25, -0.2) is 19.7 Å². The minimum atomic E-state index is -0.710. The van der Waals surface area contributed by atoms with Crippen LogP contribution in [0, 0.1) is 18.3 Å². The third kappa shape index (κ3) is 4.88. The Morgan fingerprint density at radius 3 is 2.92 bits per heavy atom. The van der Waals surface area contributed by atoms with E-state index in [1.54, 1.807) is 19.4 Å². The van der Waals surface area contributed by atoms with Gasteiger partial charge in [-0.2, -0.15) is 5.26 Å². The minimum absolute atomic E-state index is 0.0718. The van der Waals surface area contributed by atoms with Crippen molar-refractivity contribution in [2.24, 2.45) is 0 Å². The van der Waals surface area contributed by atoms with Gasteiger partial charge < -0.3 is 18.9 Å². The monoisotopic (exact) mass is 574 g/mol. The summed E-state index contributed by atoms with van der Waals surface area (Å²) in [6.07, 6.45) is 3.11. The van der Waals surface area contributed by atoms with Crippen LogP contribution in [0.15, 0.2) is 42.9 Å². The molecule has 1 amide bonds. The summed E-state index contributed by atoms with van der Waals surface area (Å²) in [5.41, 5.74) is 4.45. The lowest BCUT2D eigenvalue weighted by atomic mass is 10.1. The van der Waals surface area contributed by atoms with Crippen molar-refractivity contribution in [3.8, 4) is 34.0 Å². The van der Waals surface area contributed by atoms with Gasteiger partial charge in [0, 0.05) is 17.8 Å². The number of rotatable bonds is 5. The number of nitriles is 1. The number of hydrogen-bond donors (Lipinski definition) is 1. The molecule has 1 N–H and O–H groups in total. The number of halogens is 1. The Morgan fingerprint density at radius 2 is 2.10 bits per heavy atom. The molecule has 1 atom stereocenters. The molecule has 0 saturated heterocycles. The van der Waals surface area contributed by atoms with E-state index in [0.29, 0.717) is 55.2 Å². The number of hydrogen-bond acceptors (Lipinski definition) is 11. The average molecular weight is 575 g/mol. The van der Waals surface area contributed by atoms with Gasteiger partial charge in [-0.3, -0.25) is 10.3 Å². The Morgan fingerprint density at radius 1 is 1.23 bits per heavy atom. The zero-order chi connectivity index (χ0) is 27.8. The highest BCUT2D eigenvalue weighted by molar-refractivity contribution is 7.22. The van der Waals surface area contributed by atoms with Gasteiger partial charge in [0.05, 0.1) is 46.8 Å². The fourth-order valence-electron chi connectivity index (χ4n) is 4.21. The van der Waals surface area contributed by atoms with Crippen LogP contribution in [-0.4, -0.2) is 52.5 Å². The Balaban J connectivity index is 1.23. The maximum Gasteiger partial charge on any atom is 0.411 e. The lowest BCUT2D eigenvalue weighted by Gasteiger charge is -2.26. The third-order valence-electron chi connectivity index (χ3n) is 5.97. The second kappa shape index (κ2) is 10.4. The van der Waals surface area contributed by atoms with Crippen molar-refractivity contribution in [2.75, 3.05) is 25.6 Å². The van der Waals surface area contributed by atoms with E-state index < -0.39 is 12.2 Å². The van der Waals surface area contributed by atoms with Crippen LogP contribution in [0.5, 0.6) is 17.4 Å². The molecule has 200 valence electrons. The Hall–Kier alpha value is -4.73. The Labute approximate surface area is 236 Å². The fourth-order valence-corrected chi connectivity index (χ4v) is 5.60. The van der Waals surface area contributed by atoms with E-state index in [2.05, 4.69) is 20.3 Å². The molecular weight excluding hydrogens is 556 g/mol. The van der Waals surface area contributed by atoms with E-state index in [1.165, 1.54) is 29.8 Å². The highest BCUT2D eigenvalue weighted by Crippen LogP contribution is 2.47. The van der Waals surface area contributed by atoms with Crippen LogP contribution in [0.25, 0.3) is 31.8 Å². The maximum atomic E-state index is 12.2. The molecule has 11 nitrogen and oxygen atoms in total. The number of aryl methyl sites for hydroxylation is 1. The number of nitrogens with one attached hydrogen (secondary N) is 1. The van der Waals surface area contributed by atoms with E-state index in [-0.39, 0.29) is 13.2 Å². The number of nitrogens with zero attached hydrogens (tertiary/aromatic N) is 5. The maximum absolute atomic E-state index is 12.2. The van der Waals surface area contributed by atoms with Crippen LogP contribution in [0.3, 0.4) is 0 Å². The summed E-state index contributed by atoms with van der Waals surface area (Å²) in [7, 11) is 1.55. The van der Waals surface area contributed by atoms with Gasteiger partial charge in [-0.1, -0.05) is 11.6 Å². The molecule has 0 aliphatic carbocycles. The number of thiazole rings is 1. The molecular formula is C27H19ClN6O5S. The zero-order valence-corrected chi connectivity index (χ0v) is 22.7. The molecule has 0 spiro atoms. The topological polar surface area (TPSA) is 141 Å². The number of amides is 1. The predicted octanol–water partition coefficient (Wildman–Crippen LogP) is 5.53. The normalized spacial score (nSPS) is 14.1. The second-order valence-corrected chi connectivity index (χ2v) is 10.2. The Bertz CT molecular complexity index is 1840. The molecule has 1 aliphatic heterocycles. The molecule has 0 bridgehead atoms. The number of fused-ring (bicyclic) bond motifs is 4. The molecule has 13 heteroatoms. The lowest BCUT2D eigenvalue weighted by molar-refractivity contribution is 0.0384. The van der Waals surface area contributed by atoms with Gasteiger partial charge in [-0.15, -0.1) is 11.3 Å². The van der Waals surface area contributed by atoms with Crippen molar-refractivity contribution in [3.63, 3.8) is 0 Å². The summed E-state index contributed by atoms with van der Waals surface area (Å²) in [5.74, 6) is 1.38. The third-order valence-corrected chi connectivity index (χ3v) is 7.35. The van der Waals surface area contributed by atoms with Crippen LogP contribution < -0.4 is 19.5 Å². The standard InChI is InChI=1S/C27H19ClN6O5S/c1-13-3-17(22-19(4-13)33-21(36-2)10-31-22)26-34-23-18(28)6-20-24(25(23)40-26)37-11-16(39-20)12-38-27(35)32-15-5-14(7-29)8-30-9-15/h3-6,8-10,16H,11-12H2,1-2H3,(H,32,35)/t16-/m1/s1. The van der Waals surface area contributed by atoms with Crippen molar-refractivity contribution in [2.45, 2.75) is 13.0 Å². The van der Waals surface area contributed by atoms with Crippen molar-refractivity contribution in [1.82, 2.24) is 19.9 Å². The van der Waals surface area contributed by atoms with Gasteiger partial charge in [-0.05, 0) is 30.7 Å². The molecule has 0 radical (unpaired) electrons. The summed E-state index contributed by atoms with van der Waals surface area (Å²) in [5, 5.41) is 12.6. The van der Waals surface area contributed by atoms with Gasteiger partial charge in [0.1, 0.15) is 34.5 Å². The van der Waals surface area contributed by atoms with Gasteiger partial charge in [0.25, 0.3) is 0 Å². The van der Waals surface area contributed by atoms with Crippen LogP contribution in [0.4, 0.5) is 10.5 Å². The molecule has 4 heterocycles. The fraction of sp³-hybridized carbons (Fsp3) is 0.185. The van der Waals surface area contributed by atoms with Gasteiger partial charge in [0.15, 0.2) is 17.6 Å². The van der Waals surface area contributed by atoms with Crippen LogP contribution in [-0.2, 0) is 4.74 Å². The molecule has 1 aliphatic rings. The van der Waals surface area contributed by atoms with E-state index in [9.17, 15) is 4.79 Å². The summed E-state index contributed by atoms with van der Waals surface area (Å²) >= 11 is 8.03. The van der Waals surface area contributed by atoms with Crippen molar-refractivity contribution < 1.29 is 23.7 Å². The number of methoxy groups -OCH3 is 1. The van der Waals surface area contributed by atoms with E-state index in [1.807, 2.05) is 25.1 Å². The van der Waals surface area contributed by atoms with E-state index in [4.69, 9.17) is 40.8 Å². The first-order valence-corrected chi connectivity index (χ1v) is 13.1. The number of pyridine rings is 1. The molecule has 0 saturated carbocycles. The second-order valence-electron chi connectivity index (χ2n) is 8.82. The molecule has 6 rings (SSSR count). The number of benzene rings is 2. The first-order valence-electron chi connectivity index (χ1n) is 11.9. The smallest absolute Gasteiger partial charge is 0.411 e. The number of carbonyl (C=O) groups is 1. The summed E-state index contributed by atoms with van der Waals surface area (Å²) in [4.78, 5) is 30.0. The van der Waals surface area contributed by atoms with Crippen molar-refractivity contribution in [3.05, 3.63) is 59.0 Å². The number of carbonyl (C=O) groups excluding carboxylic acids is 1.